The Hall–Kier alpha value is 2.12. The van der Waals surface area contributed by atoms with Crippen LogP contribution in [0.15, 0.2) is 0 Å². The molecule has 72 valence electrons. The normalized spacial score (nSPS) is 55.5. The largest absolute Gasteiger partial charge is 0.120 e. The molecule has 0 aliphatic heterocycles. The molecule has 0 aromatic heterocycles. The van der Waals surface area contributed by atoms with E-state index in [9.17, 15) is 0 Å². The van der Waals surface area contributed by atoms with E-state index in [1.165, 1.54) is 0 Å². The summed E-state index contributed by atoms with van der Waals surface area (Å²) in [4.78, 5) is 0.110. The summed E-state index contributed by atoms with van der Waals surface area (Å²) in [6.07, 6.45) is 0. The fraction of sp³-hybridized carbons (Fsp3) is 1.00. The van der Waals surface area contributed by atoms with Gasteiger partial charge in [0.25, 0.3) is 0 Å². The zero-order valence-corrected chi connectivity index (χ0v) is 11.9. The fourth-order valence-corrected chi connectivity index (χ4v) is 4.47. The summed E-state index contributed by atoms with van der Waals surface area (Å²) < 4.78 is 0. The van der Waals surface area contributed by atoms with Crippen LogP contribution in [-0.2, 0) is 0 Å². The molecule has 6 heteroatoms. The Morgan fingerprint density at radius 3 is 1.08 bits per heavy atom. The average Bonchev–Trinajstić information content (AvgIpc) is 2.08. The van der Waals surface area contributed by atoms with Crippen molar-refractivity contribution in [3.8, 4) is 0 Å². The van der Waals surface area contributed by atoms with Crippen molar-refractivity contribution in [3.05, 3.63) is 0 Å². The quantitative estimate of drug-likeness (QED) is 0.559. The molecule has 1 rings (SSSR count). The molecule has 0 N–H and O–H groups in total. The molecule has 1 aliphatic rings. The van der Waals surface area contributed by atoms with Gasteiger partial charge in [-0.25, -0.2) is 0 Å². The molecular formula is C6H6Br2Cl4. The van der Waals surface area contributed by atoms with E-state index in [2.05, 4.69) is 31.9 Å². The summed E-state index contributed by atoms with van der Waals surface area (Å²) >= 11 is 30.8. The minimum absolute atomic E-state index is 0.0548. The lowest BCUT2D eigenvalue weighted by Gasteiger charge is -2.38. The van der Waals surface area contributed by atoms with Crippen LogP contribution in [0, 0.1) is 0 Å². The molecule has 0 bridgehead atoms. The van der Waals surface area contributed by atoms with E-state index in [1.54, 1.807) is 0 Å². The first-order valence-corrected chi connectivity index (χ1v) is 6.89. The number of rotatable bonds is 0. The van der Waals surface area contributed by atoms with Crippen LogP contribution in [0.2, 0.25) is 0 Å². The van der Waals surface area contributed by atoms with Gasteiger partial charge in [0, 0.05) is 9.65 Å². The Balaban J connectivity index is 2.76. The first-order valence-electron chi connectivity index (χ1n) is 3.31. The Kier molecular flexibility index (Phi) is 4.84. The van der Waals surface area contributed by atoms with Gasteiger partial charge in [-0.2, -0.15) is 0 Å². The van der Waals surface area contributed by atoms with Crippen LogP contribution >= 0.6 is 78.3 Å². The average molecular weight is 380 g/mol. The third kappa shape index (κ3) is 2.20. The molecule has 0 unspecified atom stereocenters. The molecule has 1 aliphatic carbocycles. The molecule has 0 heterocycles. The first-order chi connectivity index (χ1) is 5.46. The van der Waals surface area contributed by atoms with Crippen molar-refractivity contribution < 1.29 is 0 Å². The number of hydrogen-bond donors (Lipinski definition) is 0. The van der Waals surface area contributed by atoms with Gasteiger partial charge in [0.05, 0.1) is 21.5 Å². The maximum Gasteiger partial charge on any atom is 0.0689 e. The minimum Gasteiger partial charge on any atom is -0.120 e. The summed E-state index contributed by atoms with van der Waals surface area (Å²) in [6.45, 7) is 0. The van der Waals surface area contributed by atoms with E-state index < -0.39 is 0 Å². The fourth-order valence-electron chi connectivity index (χ4n) is 1.05. The number of alkyl halides is 6. The minimum atomic E-state index is -0.297. The highest BCUT2D eigenvalue weighted by Gasteiger charge is 2.46. The molecule has 0 radical (unpaired) electrons. The first kappa shape index (κ1) is 12.2. The van der Waals surface area contributed by atoms with Gasteiger partial charge in [-0.05, 0) is 0 Å². The lowest BCUT2D eigenvalue weighted by molar-refractivity contribution is 0.565. The van der Waals surface area contributed by atoms with Gasteiger partial charge in [0.1, 0.15) is 0 Å². The number of hydrogen-bond acceptors (Lipinski definition) is 0. The zero-order chi connectivity index (χ0) is 9.46. The van der Waals surface area contributed by atoms with E-state index in [0.717, 1.165) is 0 Å². The molecule has 0 spiro atoms. The van der Waals surface area contributed by atoms with Crippen molar-refractivity contribution in [1.82, 2.24) is 0 Å². The third-order valence-corrected chi connectivity index (χ3v) is 7.98. The molecule has 0 saturated heterocycles. The van der Waals surface area contributed by atoms with Gasteiger partial charge in [-0.15, -0.1) is 46.4 Å². The van der Waals surface area contributed by atoms with Gasteiger partial charge in [-0.1, -0.05) is 31.9 Å². The molecule has 1 fully saturated rings. The Labute approximate surface area is 109 Å². The van der Waals surface area contributed by atoms with E-state index in [-0.39, 0.29) is 31.2 Å². The van der Waals surface area contributed by atoms with Gasteiger partial charge in [-0.3, -0.25) is 0 Å². The second-order valence-electron chi connectivity index (χ2n) is 2.67. The smallest absolute Gasteiger partial charge is 0.0689 e. The highest BCUT2D eigenvalue weighted by Crippen LogP contribution is 2.41. The summed E-state index contributed by atoms with van der Waals surface area (Å²) in [7, 11) is 0. The molecule has 0 aromatic rings. The van der Waals surface area contributed by atoms with Crippen molar-refractivity contribution in [3.63, 3.8) is 0 Å². The van der Waals surface area contributed by atoms with Crippen molar-refractivity contribution in [1.29, 1.82) is 0 Å². The Morgan fingerprint density at radius 2 is 0.833 bits per heavy atom. The third-order valence-electron chi connectivity index (χ3n) is 1.83. The van der Waals surface area contributed by atoms with Crippen LogP contribution in [0.3, 0.4) is 0 Å². The maximum atomic E-state index is 6.02. The monoisotopic (exact) mass is 376 g/mol. The van der Waals surface area contributed by atoms with E-state index in [1.807, 2.05) is 0 Å². The summed E-state index contributed by atoms with van der Waals surface area (Å²) in [5.41, 5.74) is 0. The highest BCUT2D eigenvalue weighted by atomic mass is 79.9. The lowest BCUT2D eigenvalue weighted by Crippen LogP contribution is -2.51. The van der Waals surface area contributed by atoms with Crippen LogP contribution in [0.4, 0.5) is 0 Å². The predicted molar refractivity (Wildman–Crippen MR) is 64.0 cm³/mol. The van der Waals surface area contributed by atoms with Gasteiger partial charge in [0.15, 0.2) is 0 Å². The molecule has 1 saturated carbocycles. The van der Waals surface area contributed by atoms with Crippen LogP contribution in [-0.4, -0.2) is 31.2 Å². The second-order valence-corrected chi connectivity index (χ2v) is 6.80. The van der Waals surface area contributed by atoms with Crippen molar-refractivity contribution in [2.75, 3.05) is 0 Å². The molecule has 0 amide bonds. The van der Waals surface area contributed by atoms with Gasteiger partial charge >= 0.3 is 0 Å². The van der Waals surface area contributed by atoms with E-state index in [4.69, 9.17) is 46.4 Å². The summed E-state index contributed by atoms with van der Waals surface area (Å²) in [5.74, 6) is 0. The van der Waals surface area contributed by atoms with Crippen LogP contribution < -0.4 is 0 Å². The van der Waals surface area contributed by atoms with Crippen LogP contribution in [0.5, 0.6) is 0 Å². The van der Waals surface area contributed by atoms with Crippen LogP contribution in [0.25, 0.3) is 0 Å². The standard InChI is InChI=1S/C6H6Br2Cl4/c7-1-2(8)4(10)6(12)5(11)3(1)9/h1-6H/t1-,2+,3+,4-,5-,6+. The summed E-state index contributed by atoms with van der Waals surface area (Å²) in [6, 6.07) is 0. The highest BCUT2D eigenvalue weighted by molar-refractivity contribution is 9.12. The molecular weight excluding hydrogens is 374 g/mol. The lowest BCUT2D eigenvalue weighted by atomic mass is 9.98. The van der Waals surface area contributed by atoms with E-state index >= 15 is 0 Å². The topological polar surface area (TPSA) is 0 Å². The maximum absolute atomic E-state index is 6.02. The van der Waals surface area contributed by atoms with Crippen molar-refractivity contribution >= 4 is 78.3 Å². The van der Waals surface area contributed by atoms with Crippen LogP contribution in [0.1, 0.15) is 0 Å². The van der Waals surface area contributed by atoms with Crippen molar-refractivity contribution in [2.45, 2.75) is 31.2 Å². The van der Waals surface area contributed by atoms with Gasteiger partial charge < -0.3 is 0 Å². The predicted octanol–water partition coefficient (Wildman–Crippen LogP) is 3.96. The molecule has 6 atom stereocenters. The Morgan fingerprint density at radius 1 is 0.583 bits per heavy atom. The van der Waals surface area contributed by atoms with Crippen molar-refractivity contribution in [2.24, 2.45) is 0 Å². The van der Waals surface area contributed by atoms with Gasteiger partial charge in [0.2, 0.25) is 0 Å². The Bertz CT molecular complexity index is 109. The molecule has 12 heavy (non-hydrogen) atoms. The molecule has 0 nitrogen and oxygen atoms in total. The zero-order valence-electron chi connectivity index (χ0n) is 5.73. The summed E-state index contributed by atoms with van der Waals surface area (Å²) in [5, 5.41) is -0.995. The molecule has 0 aromatic carbocycles. The second kappa shape index (κ2) is 4.76. The SMILES string of the molecule is Cl[C@@H]1[C@H](Cl)[C@@H](Cl)[C@H](Br)[C@H](Br)[C@H]1Cl. The van der Waals surface area contributed by atoms with E-state index in [0.29, 0.717) is 0 Å². The number of halogens is 6.